The number of sulfonamides is 1. The maximum absolute atomic E-state index is 12.6. The van der Waals surface area contributed by atoms with Crippen LogP contribution in [0.5, 0.6) is 0 Å². The number of halogens is 1. The lowest BCUT2D eigenvalue weighted by Crippen LogP contribution is -2.27. The van der Waals surface area contributed by atoms with Gasteiger partial charge in [0.05, 0.1) is 10.6 Å². The minimum absolute atomic E-state index is 0.205. The Bertz CT molecular complexity index is 1170. The van der Waals surface area contributed by atoms with Crippen molar-refractivity contribution in [1.29, 1.82) is 0 Å². The molecule has 0 spiro atoms. The third kappa shape index (κ3) is 4.27. The number of nitrogens with zero attached hydrogens (tertiary/aromatic N) is 2. The van der Waals surface area contributed by atoms with Crippen LogP contribution in [-0.4, -0.2) is 36.7 Å². The van der Waals surface area contributed by atoms with Gasteiger partial charge in [0.2, 0.25) is 10.0 Å². The molecule has 4 rings (SSSR count). The number of hydrogen-bond donors (Lipinski definition) is 1. The lowest BCUT2D eigenvalue weighted by molar-refractivity contribution is 0.102. The average Bonchev–Trinajstić information content (AvgIpc) is 3.39. The molecule has 3 aromatic rings. The van der Waals surface area contributed by atoms with Gasteiger partial charge in [-0.25, -0.2) is 13.4 Å². The van der Waals surface area contributed by atoms with Crippen LogP contribution in [0.4, 0.5) is 5.13 Å². The number of hydrogen-bond acceptors (Lipinski definition) is 5. The highest BCUT2D eigenvalue weighted by Crippen LogP contribution is 2.31. The van der Waals surface area contributed by atoms with Crippen LogP contribution in [0.25, 0.3) is 11.3 Å². The Kier molecular flexibility index (Phi) is 5.92. The molecule has 1 aliphatic heterocycles. The number of benzene rings is 2. The van der Waals surface area contributed by atoms with Gasteiger partial charge in [-0.2, -0.15) is 4.31 Å². The van der Waals surface area contributed by atoms with Gasteiger partial charge in [0.1, 0.15) is 0 Å². The molecule has 1 saturated heterocycles. The summed E-state index contributed by atoms with van der Waals surface area (Å²) in [6, 6.07) is 13.4. The highest BCUT2D eigenvalue weighted by molar-refractivity contribution is 7.89. The predicted molar refractivity (Wildman–Crippen MR) is 120 cm³/mol. The number of aryl methyl sites for hydroxylation is 1. The van der Waals surface area contributed by atoms with Crippen molar-refractivity contribution in [3.05, 3.63) is 64.0 Å². The SMILES string of the molecule is Cc1sc(NC(=O)c2ccc(S(=O)(=O)N3CCCC3)cc2)nc1-c1ccc(Cl)cc1. The number of thiazole rings is 1. The number of rotatable bonds is 5. The van der Waals surface area contributed by atoms with E-state index in [9.17, 15) is 13.2 Å². The van der Waals surface area contributed by atoms with E-state index in [4.69, 9.17) is 11.6 Å². The van der Waals surface area contributed by atoms with Crippen molar-refractivity contribution in [2.45, 2.75) is 24.7 Å². The Balaban J connectivity index is 1.49. The van der Waals surface area contributed by atoms with E-state index >= 15 is 0 Å². The molecule has 1 aliphatic rings. The van der Waals surface area contributed by atoms with Crippen molar-refractivity contribution < 1.29 is 13.2 Å². The number of amides is 1. The molecule has 6 nitrogen and oxygen atoms in total. The van der Waals surface area contributed by atoms with Crippen molar-refractivity contribution in [2.24, 2.45) is 0 Å². The fourth-order valence-corrected chi connectivity index (χ4v) is 5.82. The first-order valence-electron chi connectivity index (χ1n) is 9.49. The van der Waals surface area contributed by atoms with E-state index in [1.807, 2.05) is 19.1 Å². The lowest BCUT2D eigenvalue weighted by atomic mass is 10.1. The Labute approximate surface area is 184 Å². The molecule has 0 radical (unpaired) electrons. The molecule has 0 atom stereocenters. The van der Waals surface area contributed by atoms with E-state index in [0.29, 0.717) is 28.8 Å². The average molecular weight is 462 g/mol. The van der Waals surface area contributed by atoms with Gasteiger partial charge >= 0.3 is 0 Å². The molecular formula is C21H20ClN3O3S2. The molecule has 1 aromatic heterocycles. The summed E-state index contributed by atoms with van der Waals surface area (Å²) in [6.45, 7) is 3.03. The van der Waals surface area contributed by atoms with Crippen LogP contribution in [-0.2, 0) is 10.0 Å². The standard InChI is InChI=1S/C21H20ClN3O3S2/c1-14-19(15-4-8-17(22)9-5-15)23-21(29-14)24-20(26)16-6-10-18(11-7-16)30(27,28)25-12-2-3-13-25/h4-11H,2-3,12-13H2,1H3,(H,23,24,26). The van der Waals surface area contributed by atoms with Crippen molar-refractivity contribution in [2.75, 3.05) is 18.4 Å². The zero-order chi connectivity index (χ0) is 21.3. The summed E-state index contributed by atoms with van der Waals surface area (Å²) in [5, 5.41) is 3.93. The van der Waals surface area contributed by atoms with Crippen LogP contribution in [0, 0.1) is 6.92 Å². The zero-order valence-electron chi connectivity index (χ0n) is 16.3. The normalized spacial score (nSPS) is 14.7. The minimum atomic E-state index is -3.49. The second-order valence-corrected chi connectivity index (χ2v) is 10.6. The molecular weight excluding hydrogens is 442 g/mol. The number of carbonyl (C=O) groups excluding carboxylic acids is 1. The van der Waals surface area contributed by atoms with Crippen molar-refractivity contribution in [1.82, 2.24) is 9.29 Å². The zero-order valence-corrected chi connectivity index (χ0v) is 18.6. The Morgan fingerprint density at radius 1 is 1.07 bits per heavy atom. The van der Waals surface area contributed by atoms with E-state index in [2.05, 4.69) is 10.3 Å². The molecule has 0 bridgehead atoms. The van der Waals surface area contributed by atoms with Gasteiger partial charge in [-0.1, -0.05) is 23.7 Å². The monoisotopic (exact) mass is 461 g/mol. The molecule has 2 heterocycles. The molecule has 156 valence electrons. The minimum Gasteiger partial charge on any atom is -0.298 e. The molecule has 1 N–H and O–H groups in total. The summed E-state index contributed by atoms with van der Waals surface area (Å²) in [6.07, 6.45) is 1.76. The number of aromatic nitrogens is 1. The summed E-state index contributed by atoms with van der Waals surface area (Å²) in [7, 11) is -3.49. The Morgan fingerprint density at radius 2 is 1.70 bits per heavy atom. The third-order valence-corrected chi connectivity index (χ3v) is 8.01. The molecule has 1 fully saturated rings. The van der Waals surface area contributed by atoms with E-state index in [1.54, 1.807) is 12.1 Å². The second kappa shape index (κ2) is 8.47. The van der Waals surface area contributed by atoms with Gasteiger partial charge in [-0.15, -0.1) is 11.3 Å². The molecule has 9 heteroatoms. The van der Waals surface area contributed by atoms with Crippen LogP contribution in [0.2, 0.25) is 5.02 Å². The van der Waals surface area contributed by atoms with E-state index in [0.717, 1.165) is 29.0 Å². The van der Waals surface area contributed by atoms with E-state index in [1.165, 1.54) is 39.9 Å². The molecule has 2 aromatic carbocycles. The number of carbonyl (C=O) groups is 1. The van der Waals surface area contributed by atoms with Gasteiger partial charge in [-0.3, -0.25) is 10.1 Å². The van der Waals surface area contributed by atoms with Crippen LogP contribution >= 0.6 is 22.9 Å². The van der Waals surface area contributed by atoms with Crippen LogP contribution < -0.4 is 5.32 Å². The third-order valence-electron chi connectivity index (χ3n) is 4.95. The quantitative estimate of drug-likeness (QED) is 0.591. The smallest absolute Gasteiger partial charge is 0.257 e. The summed E-state index contributed by atoms with van der Waals surface area (Å²) in [4.78, 5) is 18.3. The van der Waals surface area contributed by atoms with Gasteiger partial charge in [0, 0.05) is 34.1 Å². The maximum Gasteiger partial charge on any atom is 0.257 e. The molecule has 1 amide bonds. The van der Waals surface area contributed by atoms with Crippen molar-refractivity contribution in [3.8, 4) is 11.3 Å². The van der Waals surface area contributed by atoms with E-state index in [-0.39, 0.29) is 10.8 Å². The number of nitrogens with one attached hydrogen (secondary N) is 1. The summed E-state index contributed by atoms with van der Waals surface area (Å²) in [5.41, 5.74) is 2.08. The van der Waals surface area contributed by atoms with Gasteiger partial charge < -0.3 is 0 Å². The van der Waals surface area contributed by atoms with Crippen molar-refractivity contribution >= 4 is 44.0 Å². The van der Waals surface area contributed by atoms with Crippen molar-refractivity contribution in [3.63, 3.8) is 0 Å². The summed E-state index contributed by atoms with van der Waals surface area (Å²) in [5.74, 6) is -0.337. The van der Waals surface area contributed by atoms with Gasteiger partial charge in [0.25, 0.3) is 5.91 Å². The highest BCUT2D eigenvalue weighted by atomic mass is 35.5. The van der Waals surface area contributed by atoms with Gasteiger partial charge in [-0.05, 0) is 56.2 Å². The predicted octanol–water partition coefficient (Wildman–Crippen LogP) is 4.81. The first-order valence-corrected chi connectivity index (χ1v) is 12.1. The van der Waals surface area contributed by atoms with Crippen LogP contribution in [0.3, 0.4) is 0 Å². The van der Waals surface area contributed by atoms with Crippen LogP contribution in [0.1, 0.15) is 28.1 Å². The Hall–Kier alpha value is -2.26. The largest absolute Gasteiger partial charge is 0.298 e. The second-order valence-electron chi connectivity index (χ2n) is 7.02. The topological polar surface area (TPSA) is 79.4 Å². The first kappa shape index (κ1) is 21.0. The maximum atomic E-state index is 12.6. The van der Waals surface area contributed by atoms with Gasteiger partial charge in [0.15, 0.2) is 5.13 Å². The molecule has 0 unspecified atom stereocenters. The number of anilines is 1. The van der Waals surface area contributed by atoms with Crippen LogP contribution in [0.15, 0.2) is 53.4 Å². The summed E-state index contributed by atoms with van der Waals surface area (Å²) >= 11 is 7.32. The highest BCUT2D eigenvalue weighted by Gasteiger charge is 2.27. The Morgan fingerprint density at radius 3 is 2.33 bits per heavy atom. The molecule has 30 heavy (non-hydrogen) atoms. The fourth-order valence-electron chi connectivity index (χ4n) is 3.35. The molecule has 0 aliphatic carbocycles. The first-order chi connectivity index (χ1) is 14.3. The lowest BCUT2D eigenvalue weighted by Gasteiger charge is -2.15. The summed E-state index contributed by atoms with van der Waals surface area (Å²) < 4.78 is 26.7. The molecule has 0 saturated carbocycles. The van der Waals surface area contributed by atoms with E-state index < -0.39 is 10.0 Å². The fraction of sp³-hybridized carbons (Fsp3) is 0.238.